The third-order valence-corrected chi connectivity index (χ3v) is 3.79. The molecule has 5 heteroatoms. The zero-order valence-electron chi connectivity index (χ0n) is 10.2. The third-order valence-electron chi connectivity index (χ3n) is 3.20. The van der Waals surface area contributed by atoms with Crippen LogP contribution >= 0.6 is 15.9 Å². The van der Waals surface area contributed by atoms with Crippen molar-refractivity contribution in [2.45, 2.75) is 45.1 Å². The van der Waals surface area contributed by atoms with Crippen LogP contribution in [0.1, 0.15) is 43.6 Å². The molecular formula is C12H17BrN2O2. The summed E-state index contributed by atoms with van der Waals surface area (Å²) < 4.78 is 7.85. The Labute approximate surface area is 109 Å². The SMILES string of the molecule is CCCc1nc(Br)c2n1CCCC2C(=O)OC. The zero-order chi connectivity index (χ0) is 12.4. The number of nitrogens with zero attached hydrogens (tertiary/aromatic N) is 2. The maximum Gasteiger partial charge on any atom is 0.314 e. The molecule has 1 aromatic rings. The molecule has 1 unspecified atom stereocenters. The first-order valence-electron chi connectivity index (χ1n) is 6.01. The van der Waals surface area contributed by atoms with Crippen molar-refractivity contribution < 1.29 is 9.53 Å². The Morgan fingerprint density at radius 1 is 1.65 bits per heavy atom. The molecule has 0 aliphatic carbocycles. The molecule has 1 atom stereocenters. The molecule has 1 aromatic heterocycles. The number of carbonyl (C=O) groups is 1. The molecule has 17 heavy (non-hydrogen) atoms. The van der Waals surface area contributed by atoms with Crippen molar-refractivity contribution in [2.24, 2.45) is 0 Å². The molecule has 0 amide bonds. The molecule has 0 radical (unpaired) electrons. The molecule has 94 valence electrons. The molecule has 2 heterocycles. The van der Waals surface area contributed by atoms with E-state index in [4.69, 9.17) is 4.74 Å². The van der Waals surface area contributed by atoms with E-state index in [9.17, 15) is 4.79 Å². The van der Waals surface area contributed by atoms with Gasteiger partial charge in [0.15, 0.2) is 0 Å². The maximum absolute atomic E-state index is 11.8. The summed E-state index contributed by atoms with van der Waals surface area (Å²) in [6.07, 6.45) is 3.87. The van der Waals surface area contributed by atoms with Crippen molar-refractivity contribution in [2.75, 3.05) is 7.11 Å². The monoisotopic (exact) mass is 300 g/mol. The lowest BCUT2D eigenvalue weighted by atomic mass is 9.96. The fraction of sp³-hybridized carbons (Fsp3) is 0.667. The number of halogens is 1. The average Bonchev–Trinajstić information content (AvgIpc) is 2.66. The average molecular weight is 301 g/mol. The van der Waals surface area contributed by atoms with Crippen LogP contribution in [0.25, 0.3) is 0 Å². The second-order valence-electron chi connectivity index (χ2n) is 4.32. The van der Waals surface area contributed by atoms with E-state index in [2.05, 4.69) is 32.4 Å². The summed E-state index contributed by atoms with van der Waals surface area (Å²) in [5.74, 6) is 0.749. The number of hydrogen-bond donors (Lipinski definition) is 0. The van der Waals surface area contributed by atoms with Gasteiger partial charge in [0.05, 0.1) is 18.7 Å². The summed E-state index contributed by atoms with van der Waals surface area (Å²) in [5, 5.41) is 0. The number of fused-ring (bicyclic) bond motifs is 1. The molecule has 0 fully saturated rings. The van der Waals surface area contributed by atoms with Crippen molar-refractivity contribution in [3.63, 3.8) is 0 Å². The van der Waals surface area contributed by atoms with Gasteiger partial charge in [0.1, 0.15) is 10.4 Å². The molecule has 1 aliphatic heterocycles. The van der Waals surface area contributed by atoms with Gasteiger partial charge in [0, 0.05) is 13.0 Å². The number of aryl methyl sites for hydroxylation is 1. The van der Waals surface area contributed by atoms with Gasteiger partial charge in [0.25, 0.3) is 0 Å². The van der Waals surface area contributed by atoms with Crippen LogP contribution in [-0.2, 0) is 22.5 Å². The molecule has 0 saturated heterocycles. The van der Waals surface area contributed by atoms with E-state index in [-0.39, 0.29) is 11.9 Å². The molecule has 0 bridgehead atoms. The summed E-state index contributed by atoms with van der Waals surface area (Å²) in [5.41, 5.74) is 0.992. The highest BCUT2D eigenvalue weighted by Gasteiger charge is 2.32. The number of ether oxygens (including phenoxy) is 1. The number of esters is 1. The highest BCUT2D eigenvalue weighted by atomic mass is 79.9. The van der Waals surface area contributed by atoms with Gasteiger partial charge in [-0.2, -0.15) is 0 Å². The molecule has 0 spiro atoms. The molecule has 0 saturated carbocycles. The predicted molar refractivity (Wildman–Crippen MR) is 67.9 cm³/mol. The molecular weight excluding hydrogens is 284 g/mol. The van der Waals surface area contributed by atoms with Crippen LogP contribution in [0.4, 0.5) is 0 Å². The van der Waals surface area contributed by atoms with Crippen LogP contribution in [0.2, 0.25) is 0 Å². The molecule has 2 rings (SSSR count). The number of methoxy groups -OCH3 is 1. The van der Waals surface area contributed by atoms with E-state index in [0.717, 1.165) is 48.3 Å². The maximum atomic E-state index is 11.8. The Morgan fingerprint density at radius 2 is 2.41 bits per heavy atom. The lowest BCUT2D eigenvalue weighted by Gasteiger charge is -2.23. The van der Waals surface area contributed by atoms with Crippen molar-refractivity contribution in [3.05, 3.63) is 16.1 Å². The first-order chi connectivity index (χ1) is 8.19. The second kappa shape index (κ2) is 5.21. The van der Waals surface area contributed by atoms with Crippen molar-refractivity contribution in [3.8, 4) is 0 Å². The van der Waals surface area contributed by atoms with E-state index >= 15 is 0 Å². The largest absolute Gasteiger partial charge is 0.469 e. The highest BCUT2D eigenvalue weighted by Crippen LogP contribution is 2.34. The van der Waals surface area contributed by atoms with Crippen LogP contribution < -0.4 is 0 Å². The zero-order valence-corrected chi connectivity index (χ0v) is 11.8. The Hall–Kier alpha value is -0.840. The second-order valence-corrected chi connectivity index (χ2v) is 5.07. The van der Waals surface area contributed by atoms with Crippen LogP contribution in [0, 0.1) is 0 Å². The minimum Gasteiger partial charge on any atom is -0.469 e. The van der Waals surface area contributed by atoms with E-state index < -0.39 is 0 Å². The van der Waals surface area contributed by atoms with Crippen molar-refractivity contribution in [1.29, 1.82) is 0 Å². The Morgan fingerprint density at radius 3 is 3.06 bits per heavy atom. The minimum absolute atomic E-state index is 0.158. The van der Waals surface area contributed by atoms with E-state index in [1.165, 1.54) is 7.11 Å². The Balaban J connectivity index is 2.40. The Bertz CT molecular complexity index is 428. The minimum atomic E-state index is -0.166. The quantitative estimate of drug-likeness (QED) is 0.806. The van der Waals surface area contributed by atoms with Gasteiger partial charge in [-0.1, -0.05) is 6.92 Å². The van der Waals surface area contributed by atoms with Crippen LogP contribution in [0.5, 0.6) is 0 Å². The molecule has 1 aliphatic rings. The summed E-state index contributed by atoms with van der Waals surface area (Å²) in [6, 6.07) is 0. The summed E-state index contributed by atoms with van der Waals surface area (Å²) in [7, 11) is 1.44. The summed E-state index contributed by atoms with van der Waals surface area (Å²) in [4.78, 5) is 16.3. The van der Waals surface area contributed by atoms with Gasteiger partial charge >= 0.3 is 5.97 Å². The number of aromatic nitrogens is 2. The topological polar surface area (TPSA) is 44.1 Å². The smallest absolute Gasteiger partial charge is 0.314 e. The van der Waals surface area contributed by atoms with E-state index in [1.54, 1.807) is 0 Å². The normalized spacial score (nSPS) is 18.9. The highest BCUT2D eigenvalue weighted by molar-refractivity contribution is 9.10. The fourth-order valence-electron chi connectivity index (χ4n) is 2.44. The van der Waals surface area contributed by atoms with Crippen LogP contribution in [-0.4, -0.2) is 22.6 Å². The van der Waals surface area contributed by atoms with Crippen molar-refractivity contribution in [1.82, 2.24) is 9.55 Å². The van der Waals surface area contributed by atoms with Gasteiger partial charge in [0.2, 0.25) is 0 Å². The van der Waals surface area contributed by atoms with Gasteiger partial charge in [-0.05, 0) is 35.2 Å². The predicted octanol–water partition coefficient (Wildman–Crippen LogP) is 2.65. The van der Waals surface area contributed by atoms with Crippen molar-refractivity contribution >= 4 is 21.9 Å². The number of rotatable bonds is 3. The lowest BCUT2D eigenvalue weighted by molar-refractivity contribution is -0.143. The van der Waals surface area contributed by atoms with Crippen LogP contribution in [0.3, 0.4) is 0 Å². The van der Waals surface area contributed by atoms with Gasteiger partial charge in [-0.15, -0.1) is 0 Å². The summed E-state index contributed by atoms with van der Waals surface area (Å²) in [6.45, 7) is 3.09. The van der Waals surface area contributed by atoms with Crippen LogP contribution in [0.15, 0.2) is 4.60 Å². The molecule has 0 N–H and O–H groups in total. The molecule has 0 aromatic carbocycles. The first-order valence-corrected chi connectivity index (χ1v) is 6.81. The van der Waals surface area contributed by atoms with E-state index in [0.29, 0.717) is 0 Å². The lowest BCUT2D eigenvalue weighted by Crippen LogP contribution is -2.24. The van der Waals surface area contributed by atoms with Gasteiger partial charge in [-0.25, -0.2) is 4.98 Å². The fourth-order valence-corrected chi connectivity index (χ4v) is 3.13. The van der Waals surface area contributed by atoms with E-state index in [1.807, 2.05) is 0 Å². The molecule has 4 nitrogen and oxygen atoms in total. The summed E-state index contributed by atoms with van der Waals surface area (Å²) >= 11 is 3.47. The number of imidazole rings is 1. The van der Waals surface area contributed by atoms with Gasteiger partial charge in [-0.3, -0.25) is 4.79 Å². The number of carbonyl (C=O) groups excluding carboxylic acids is 1. The van der Waals surface area contributed by atoms with Gasteiger partial charge < -0.3 is 9.30 Å². The third kappa shape index (κ3) is 2.25. The first kappa shape index (κ1) is 12.6. The Kier molecular flexibility index (Phi) is 3.86. The number of hydrogen-bond acceptors (Lipinski definition) is 3. The standard InChI is InChI=1S/C12H17BrN2O2/c1-3-5-9-14-11(13)10-8(12(16)17-2)6-4-7-15(9)10/h8H,3-7H2,1-2H3.